The molecule has 2 aliphatic heterocycles. The number of hydrogen-bond donors (Lipinski definition) is 2. The number of phenols is 1. The summed E-state index contributed by atoms with van der Waals surface area (Å²) in [5, 5.41) is 11.0. The van der Waals surface area contributed by atoms with Crippen molar-refractivity contribution in [1.29, 1.82) is 0 Å². The Hall–Kier alpha value is -1.48. The Morgan fingerprint density at radius 3 is 3.11 bits per heavy atom. The zero-order valence-corrected chi connectivity index (χ0v) is 10.9. The van der Waals surface area contributed by atoms with Crippen molar-refractivity contribution >= 4 is 10.9 Å². The van der Waals surface area contributed by atoms with Crippen molar-refractivity contribution in [2.24, 2.45) is 5.92 Å². The van der Waals surface area contributed by atoms with Crippen LogP contribution in [0.5, 0.6) is 5.75 Å². The van der Waals surface area contributed by atoms with Crippen molar-refractivity contribution in [3.8, 4) is 5.75 Å². The minimum atomic E-state index is 0.381. The molecule has 3 heteroatoms. The quantitative estimate of drug-likeness (QED) is 0.758. The molecule has 1 aromatic carbocycles. The Morgan fingerprint density at radius 2 is 2.21 bits per heavy atom. The lowest BCUT2D eigenvalue weighted by molar-refractivity contribution is 0.201. The molecule has 0 unspecified atom stereocenters. The number of aromatic nitrogens is 1. The number of aromatic hydroxyl groups is 1. The maximum atomic E-state index is 9.74. The van der Waals surface area contributed by atoms with E-state index in [2.05, 4.69) is 9.88 Å². The molecule has 3 nitrogen and oxygen atoms in total. The van der Waals surface area contributed by atoms with Gasteiger partial charge < -0.3 is 10.1 Å². The van der Waals surface area contributed by atoms with Crippen LogP contribution in [0, 0.1) is 5.92 Å². The molecule has 1 aromatic heterocycles. The first-order chi connectivity index (χ1) is 9.29. The number of fused-ring (bicyclic) bond motifs is 5. The molecule has 1 saturated carbocycles. The van der Waals surface area contributed by atoms with Crippen LogP contribution >= 0.6 is 0 Å². The van der Waals surface area contributed by atoms with Crippen molar-refractivity contribution in [3.05, 3.63) is 29.5 Å². The number of rotatable bonds is 0. The van der Waals surface area contributed by atoms with Crippen molar-refractivity contribution in [2.45, 2.75) is 31.2 Å². The Bertz CT molecular complexity index is 675. The largest absolute Gasteiger partial charge is 0.508 e. The molecule has 3 heterocycles. The summed E-state index contributed by atoms with van der Waals surface area (Å²) in [6, 6.07) is 6.50. The molecule has 3 aliphatic rings. The minimum absolute atomic E-state index is 0.381. The molecule has 2 bridgehead atoms. The van der Waals surface area contributed by atoms with Crippen LogP contribution in [-0.4, -0.2) is 34.1 Å². The van der Waals surface area contributed by atoms with E-state index in [0.717, 1.165) is 18.4 Å². The molecule has 5 rings (SSSR count). The highest BCUT2D eigenvalue weighted by Gasteiger charge is 2.47. The monoisotopic (exact) mass is 254 g/mol. The van der Waals surface area contributed by atoms with Crippen LogP contribution < -0.4 is 0 Å². The van der Waals surface area contributed by atoms with Crippen molar-refractivity contribution < 1.29 is 5.11 Å². The maximum absolute atomic E-state index is 9.74. The zero-order chi connectivity index (χ0) is 12.6. The molecular formula is C16H18N2O. The number of H-pyrrole nitrogens is 1. The van der Waals surface area contributed by atoms with Gasteiger partial charge in [0.05, 0.1) is 0 Å². The fraction of sp³-hybridized carbons (Fsp3) is 0.500. The number of benzene rings is 1. The van der Waals surface area contributed by atoms with Crippen molar-refractivity contribution in [1.82, 2.24) is 9.88 Å². The summed E-state index contributed by atoms with van der Waals surface area (Å²) < 4.78 is 0. The topological polar surface area (TPSA) is 39.3 Å². The van der Waals surface area contributed by atoms with E-state index < -0.39 is 0 Å². The van der Waals surface area contributed by atoms with Gasteiger partial charge in [0.25, 0.3) is 0 Å². The SMILES string of the molecule is Oc1ccc2[nH]c3c(c2c1)CCN1C[C@H]2C[C@@H]3[C@@H]1C2. The van der Waals surface area contributed by atoms with E-state index in [9.17, 15) is 5.11 Å². The summed E-state index contributed by atoms with van der Waals surface area (Å²) in [6.45, 7) is 2.50. The first-order valence-corrected chi connectivity index (χ1v) is 7.37. The Balaban J connectivity index is 1.75. The Labute approximate surface area is 112 Å². The molecule has 2 N–H and O–H groups in total. The number of nitrogens with one attached hydrogen (secondary N) is 1. The highest BCUT2D eigenvalue weighted by molar-refractivity contribution is 5.86. The molecular weight excluding hydrogens is 236 g/mol. The number of aromatic amines is 1. The van der Waals surface area contributed by atoms with Crippen LogP contribution in [0.4, 0.5) is 0 Å². The van der Waals surface area contributed by atoms with Crippen LogP contribution in [0.15, 0.2) is 18.2 Å². The second-order valence-electron chi connectivity index (χ2n) is 6.50. The Kier molecular flexibility index (Phi) is 1.81. The highest BCUT2D eigenvalue weighted by atomic mass is 16.3. The third-order valence-electron chi connectivity index (χ3n) is 5.53. The zero-order valence-electron chi connectivity index (χ0n) is 10.9. The lowest BCUT2D eigenvalue weighted by atomic mass is 9.93. The van der Waals surface area contributed by atoms with E-state index in [1.165, 1.54) is 48.1 Å². The van der Waals surface area contributed by atoms with Gasteiger partial charge in [0, 0.05) is 41.6 Å². The fourth-order valence-corrected chi connectivity index (χ4v) is 4.80. The van der Waals surface area contributed by atoms with Crippen LogP contribution in [0.3, 0.4) is 0 Å². The summed E-state index contributed by atoms with van der Waals surface area (Å²) in [5.41, 5.74) is 4.13. The number of nitrogens with zero attached hydrogens (tertiary/aromatic N) is 1. The second-order valence-corrected chi connectivity index (χ2v) is 6.50. The first-order valence-electron chi connectivity index (χ1n) is 7.37. The van der Waals surface area contributed by atoms with Crippen molar-refractivity contribution in [3.63, 3.8) is 0 Å². The first kappa shape index (κ1) is 10.3. The summed E-state index contributed by atoms with van der Waals surface area (Å²) in [5.74, 6) is 2.00. The standard InChI is InChI=1S/C16H18N2O/c19-10-1-2-14-12(7-10)11-3-4-18-8-9-5-13(15(18)6-9)16(11)17-14/h1-2,7,9,13,15,17,19H,3-6,8H2/t9-,13+,15-/m0/s1. The van der Waals surface area contributed by atoms with Gasteiger partial charge in [-0.25, -0.2) is 0 Å². The maximum Gasteiger partial charge on any atom is 0.116 e. The highest BCUT2D eigenvalue weighted by Crippen LogP contribution is 2.50. The number of phenolic OH excluding ortho intramolecular Hbond substituents is 1. The molecule has 98 valence electrons. The van der Waals surface area contributed by atoms with Crippen LogP contribution in [0.1, 0.15) is 30.0 Å². The molecule has 2 fully saturated rings. The number of piperidine rings is 1. The van der Waals surface area contributed by atoms with Gasteiger partial charge in [-0.2, -0.15) is 0 Å². The van der Waals surface area contributed by atoms with Crippen LogP contribution in [0.25, 0.3) is 10.9 Å². The molecule has 1 aliphatic carbocycles. The van der Waals surface area contributed by atoms with Crippen LogP contribution in [0.2, 0.25) is 0 Å². The normalized spacial score (nSPS) is 32.7. The van der Waals surface area contributed by atoms with Gasteiger partial charge in [0.2, 0.25) is 0 Å². The van der Waals surface area contributed by atoms with Gasteiger partial charge >= 0.3 is 0 Å². The summed E-state index contributed by atoms with van der Waals surface area (Å²) in [7, 11) is 0. The third-order valence-corrected chi connectivity index (χ3v) is 5.53. The van der Waals surface area contributed by atoms with E-state index in [1.807, 2.05) is 12.1 Å². The average molecular weight is 254 g/mol. The van der Waals surface area contributed by atoms with E-state index in [1.54, 1.807) is 6.07 Å². The molecule has 0 radical (unpaired) electrons. The predicted molar refractivity (Wildman–Crippen MR) is 74.5 cm³/mol. The molecule has 19 heavy (non-hydrogen) atoms. The summed E-state index contributed by atoms with van der Waals surface area (Å²) in [6.07, 6.45) is 3.87. The summed E-state index contributed by atoms with van der Waals surface area (Å²) >= 11 is 0. The fourth-order valence-electron chi connectivity index (χ4n) is 4.80. The van der Waals surface area contributed by atoms with Gasteiger partial charge in [-0.05, 0) is 48.9 Å². The van der Waals surface area contributed by atoms with Crippen molar-refractivity contribution in [2.75, 3.05) is 13.1 Å². The van der Waals surface area contributed by atoms with Gasteiger partial charge in [-0.3, -0.25) is 4.90 Å². The molecule has 3 atom stereocenters. The number of hydrogen-bond acceptors (Lipinski definition) is 2. The van der Waals surface area contributed by atoms with E-state index in [0.29, 0.717) is 11.7 Å². The second kappa shape index (κ2) is 3.34. The molecule has 0 spiro atoms. The third kappa shape index (κ3) is 1.26. The van der Waals surface area contributed by atoms with Gasteiger partial charge in [-0.15, -0.1) is 0 Å². The van der Waals surface area contributed by atoms with Gasteiger partial charge in [0.15, 0.2) is 0 Å². The van der Waals surface area contributed by atoms with E-state index >= 15 is 0 Å². The van der Waals surface area contributed by atoms with Crippen LogP contribution in [-0.2, 0) is 6.42 Å². The molecule has 1 saturated heterocycles. The lowest BCUT2D eigenvalue weighted by Gasteiger charge is -2.30. The molecule has 0 amide bonds. The molecule has 2 aromatic rings. The van der Waals surface area contributed by atoms with Gasteiger partial charge in [-0.1, -0.05) is 0 Å². The van der Waals surface area contributed by atoms with E-state index in [4.69, 9.17) is 0 Å². The summed E-state index contributed by atoms with van der Waals surface area (Å²) in [4.78, 5) is 6.35. The Morgan fingerprint density at radius 1 is 1.26 bits per heavy atom. The predicted octanol–water partition coefficient (Wildman–Crippen LogP) is 2.61. The van der Waals surface area contributed by atoms with Gasteiger partial charge in [0.1, 0.15) is 5.75 Å². The lowest BCUT2D eigenvalue weighted by Crippen LogP contribution is -2.36. The minimum Gasteiger partial charge on any atom is -0.508 e. The van der Waals surface area contributed by atoms with E-state index in [-0.39, 0.29) is 0 Å². The smallest absolute Gasteiger partial charge is 0.116 e. The average Bonchev–Trinajstić information content (AvgIpc) is 3.05.